The summed E-state index contributed by atoms with van der Waals surface area (Å²) in [5.41, 5.74) is -0.675. The molecular weight excluding hydrogens is 570 g/mol. The molecule has 10 heteroatoms. The molecule has 2 fully saturated rings. The van der Waals surface area contributed by atoms with Crippen LogP contribution in [0.4, 0.5) is 4.79 Å². The van der Waals surface area contributed by atoms with Crippen molar-refractivity contribution in [2.45, 2.75) is 142 Å². The van der Waals surface area contributed by atoms with Crippen LogP contribution >= 0.6 is 0 Å². The number of nitrogens with one attached hydrogen (secondary N) is 4. The van der Waals surface area contributed by atoms with Crippen molar-refractivity contribution < 1.29 is 24.2 Å². The first-order valence-electron chi connectivity index (χ1n) is 17.2. The zero-order chi connectivity index (χ0) is 33.0. The smallest absolute Gasteiger partial charge is 0.407 e. The van der Waals surface area contributed by atoms with Crippen LogP contribution in [-0.4, -0.2) is 63.3 Å². The average molecular weight is 630 g/mol. The number of rotatable bonds is 15. The Hall–Kier alpha value is -2.88. The molecule has 3 rings (SSSR count). The quantitative estimate of drug-likeness (QED) is 0.160. The lowest BCUT2D eigenvalue weighted by Crippen LogP contribution is -2.57. The molecule has 0 bridgehead atoms. The third kappa shape index (κ3) is 11.8. The zero-order valence-corrected chi connectivity index (χ0v) is 28.3. The first-order valence-corrected chi connectivity index (χ1v) is 17.2. The predicted octanol–water partition coefficient (Wildman–Crippen LogP) is 5.58. The standard InChI is InChI=1S/C35H59N5O5/c1-7-26(24(2)3)19-30(41)28(18-25-14-10-8-11-15-25)38-31(42)29(20-27-21-36-23-37-27)39-32(43)35(16-12-9-13-17-35)22-45-33(44)40-34(4,5)6/h7,21,23-26,28-30,41H,1,8-20,22H2,2-6H3,(H,36,37)(H,38,42)(H,39,43)(H,40,44)/t26-,28-,29-,30-/m0/s1. The summed E-state index contributed by atoms with van der Waals surface area (Å²) in [6.45, 7) is 13.8. The molecule has 254 valence electrons. The van der Waals surface area contributed by atoms with E-state index in [-0.39, 0.29) is 30.8 Å². The van der Waals surface area contributed by atoms with Crippen molar-refractivity contribution >= 4 is 17.9 Å². The molecule has 1 heterocycles. The molecule has 2 aliphatic rings. The van der Waals surface area contributed by atoms with E-state index in [0.29, 0.717) is 43.2 Å². The molecule has 2 aliphatic carbocycles. The van der Waals surface area contributed by atoms with Gasteiger partial charge in [-0.05, 0) is 64.2 Å². The Labute approximate surface area is 270 Å². The number of allylic oxidation sites excluding steroid dienone is 1. The Balaban J connectivity index is 1.81. The summed E-state index contributed by atoms with van der Waals surface area (Å²) in [6.07, 6.45) is 14.8. The number of carbonyl (C=O) groups excluding carboxylic acids is 3. The van der Waals surface area contributed by atoms with Crippen LogP contribution in [0.15, 0.2) is 25.2 Å². The zero-order valence-electron chi connectivity index (χ0n) is 28.3. The fraction of sp³-hybridized carbons (Fsp3) is 0.771. The van der Waals surface area contributed by atoms with Crippen LogP contribution in [0.2, 0.25) is 0 Å². The van der Waals surface area contributed by atoms with Crippen LogP contribution in [0.25, 0.3) is 0 Å². The van der Waals surface area contributed by atoms with Crippen molar-refractivity contribution in [2.24, 2.45) is 23.2 Å². The molecule has 5 N–H and O–H groups in total. The second-order valence-electron chi connectivity index (χ2n) is 14.9. The van der Waals surface area contributed by atoms with Gasteiger partial charge in [-0.1, -0.05) is 71.3 Å². The topological polar surface area (TPSA) is 145 Å². The normalized spacial score (nSPS) is 20.0. The highest BCUT2D eigenvalue weighted by atomic mass is 16.5. The van der Waals surface area contributed by atoms with Crippen LogP contribution in [0.3, 0.4) is 0 Å². The van der Waals surface area contributed by atoms with Gasteiger partial charge < -0.3 is 30.8 Å². The van der Waals surface area contributed by atoms with Gasteiger partial charge in [0, 0.05) is 23.9 Å². The predicted molar refractivity (Wildman–Crippen MR) is 176 cm³/mol. The van der Waals surface area contributed by atoms with Gasteiger partial charge in [-0.25, -0.2) is 9.78 Å². The van der Waals surface area contributed by atoms with Gasteiger partial charge >= 0.3 is 6.09 Å². The molecule has 0 aromatic carbocycles. The summed E-state index contributed by atoms with van der Waals surface area (Å²) in [5.74, 6) is 0.238. The molecule has 0 aliphatic heterocycles. The van der Waals surface area contributed by atoms with Crippen molar-refractivity contribution in [3.05, 3.63) is 30.9 Å². The first kappa shape index (κ1) is 36.6. The number of aromatic nitrogens is 2. The molecule has 0 radical (unpaired) electrons. The molecule has 0 unspecified atom stereocenters. The third-order valence-corrected chi connectivity index (χ3v) is 9.63. The highest BCUT2D eigenvalue weighted by molar-refractivity contribution is 5.90. The molecule has 1 aromatic heterocycles. The fourth-order valence-corrected chi connectivity index (χ4v) is 6.81. The number of alkyl carbamates (subject to hydrolysis) is 1. The van der Waals surface area contributed by atoms with Gasteiger partial charge in [0.25, 0.3) is 0 Å². The van der Waals surface area contributed by atoms with E-state index in [9.17, 15) is 19.5 Å². The molecule has 2 saturated carbocycles. The minimum atomic E-state index is -0.921. The van der Waals surface area contributed by atoms with Crippen molar-refractivity contribution in [1.29, 1.82) is 0 Å². The maximum absolute atomic E-state index is 14.1. The Kier molecular flexibility index (Phi) is 13.9. The maximum atomic E-state index is 14.1. The molecule has 3 amide bonds. The number of amides is 3. The van der Waals surface area contributed by atoms with Crippen molar-refractivity contribution in [1.82, 2.24) is 25.9 Å². The van der Waals surface area contributed by atoms with Crippen LogP contribution in [0.1, 0.15) is 117 Å². The molecule has 1 aromatic rings. The number of imidazole rings is 1. The van der Waals surface area contributed by atoms with Gasteiger partial charge in [0.15, 0.2) is 0 Å². The molecule has 0 saturated heterocycles. The van der Waals surface area contributed by atoms with Gasteiger partial charge in [-0.3, -0.25) is 9.59 Å². The van der Waals surface area contributed by atoms with E-state index in [1.165, 1.54) is 19.3 Å². The lowest BCUT2D eigenvalue weighted by molar-refractivity contribution is -0.139. The molecular formula is C35H59N5O5. The number of hydrogen-bond donors (Lipinski definition) is 5. The molecule has 4 atom stereocenters. The van der Waals surface area contributed by atoms with E-state index >= 15 is 0 Å². The van der Waals surface area contributed by atoms with E-state index in [2.05, 4.69) is 46.3 Å². The molecule has 0 spiro atoms. The van der Waals surface area contributed by atoms with Crippen LogP contribution < -0.4 is 16.0 Å². The summed E-state index contributed by atoms with van der Waals surface area (Å²) < 4.78 is 5.61. The van der Waals surface area contributed by atoms with E-state index in [1.807, 2.05) is 26.8 Å². The highest BCUT2D eigenvalue weighted by Gasteiger charge is 2.43. The SMILES string of the molecule is C=C[C@@H](C[C@H](O)[C@H](CC1CCCCC1)NC(=O)[C@H](Cc1cnc[nH]1)NC(=O)C1(COC(=O)NC(C)(C)C)CCCCC1)C(C)C. The van der Waals surface area contributed by atoms with Crippen LogP contribution in [0, 0.1) is 23.2 Å². The average Bonchev–Trinajstić information content (AvgIpc) is 3.51. The monoisotopic (exact) mass is 629 g/mol. The summed E-state index contributed by atoms with van der Waals surface area (Å²) in [6, 6.07) is -1.35. The van der Waals surface area contributed by atoms with Gasteiger partial charge in [-0.2, -0.15) is 0 Å². The fourth-order valence-electron chi connectivity index (χ4n) is 6.81. The van der Waals surface area contributed by atoms with Crippen LogP contribution in [0.5, 0.6) is 0 Å². The second kappa shape index (κ2) is 17.2. The molecule has 45 heavy (non-hydrogen) atoms. The van der Waals surface area contributed by atoms with Gasteiger partial charge in [0.1, 0.15) is 12.6 Å². The minimum absolute atomic E-state index is 0.0553. The highest BCUT2D eigenvalue weighted by Crippen LogP contribution is 2.37. The second-order valence-corrected chi connectivity index (χ2v) is 14.9. The van der Waals surface area contributed by atoms with Gasteiger partial charge in [0.05, 0.1) is 23.9 Å². The van der Waals surface area contributed by atoms with E-state index in [4.69, 9.17) is 4.74 Å². The Bertz CT molecular complexity index is 1070. The van der Waals surface area contributed by atoms with E-state index in [1.54, 1.807) is 12.5 Å². The van der Waals surface area contributed by atoms with Crippen LogP contribution in [-0.2, 0) is 20.7 Å². The summed E-state index contributed by atoms with van der Waals surface area (Å²) in [4.78, 5) is 47.8. The van der Waals surface area contributed by atoms with Gasteiger partial charge in [-0.15, -0.1) is 6.58 Å². The largest absolute Gasteiger partial charge is 0.448 e. The van der Waals surface area contributed by atoms with Crippen molar-refractivity contribution in [2.75, 3.05) is 6.61 Å². The number of aliphatic hydroxyl groups excluding tert-OH is 1. The Morgan fingerprint density at radius 1 is 1.11 bits per heavy atom. The minimum Gasteiger partial charge on any atom is -0.448 e. The number of aromatic amines is 1. The number of ether oxygens (including phenoxy) is 1. The molecule has 10 nitrogen and oxygen atoms in total. The van der Waals surface area contributed by atoms with E-state index < -0.39 is 35.2 Å². The van der Waals surface area contributed by atoms with Gasteiger partial charge in [0.2, 0.25) is 11.8 Å². The number of H-pyrrole nitrogens is 1. The number of hydrogen-bond acceptors (Lipinski definition) is 6. The maximum Gasteiger partial charge on any atom is 0.407 e. The number of carbonyl (C=O) groups is 3. The number of nitrogens with zero attached hydrogens (tertiary/aromatic N) is 1. The summed E-state index contributed by atoms with van der Waals surface area (Å²) in [7, 11) is 0. The lowest BCUT2D eigenvalue weighted by atomic mass is 9.73. The van der Waals surface area contributed by atoms with E-state index in [0.717, 1.165) is 32.1 Å². The summed E-state index contributed by atoms with van der Waals surface area (Å²) >= 11 is 0. The lowest BCUT2D eigenvalue weighted by Gasteiger charge is -2.37. The van der Waals surface area contributed by atoms with Crippen molar-refractivity contribution in [3.63, 3.8) is 0 Å². The summed E-state index contributed by atoms with van der Waals surface area (Å²) in [5, 5.41) is 20.5. The first-order chi connectivity index (χ1) is 21.3. The number of aliphatic hydroxyl groups is 1. The Morgan fingerprint density at radius 2 is 1.78 bits per heavy atom. The van der Waals surface area contributed by atoms with Crippen molar-refractivity contribution in [3.8, 4) is 0 Å². The third-order valence-electron chi connectivity index (χ3n) is 9.63. The Morgan fingerprint density at radius 3 is 2.36 bits per heavy atom.